The molecule has 5 aliphatic heterocycles. The second-order valence-corrected chi connectivity index (χ2v) is 14.9. The van der Waals surface area contributed by atoms with Gasteiger partial charge in [0.15, 0.2) is 31.5 Å². The first kappa shape index (κ1) is 48.1. The molecule has 5 saturated heterocycles. The van der Waals surface area contributed by atoms with Gasteiger partial charge in [-0.05, 0) is 6.92 Å². The quantitative estimate of drug-likeness (QED) is 0.0771. The summed E-state index contributed by atoms with van der Waals surface area (Å²) in [6, 6.07) is -3.25. The summed E-state index contributed by atoms with van der Waals surface area (Å²) in [5.74, 6) is -1.52. The molecule has 0 aliphatic carbocycles. The highest BCUT2D eigenvalue weighted by Crippen LogP contribution is 2.36. The molecule has 26 nitrogen and oxygen atoms in total. The average molecular weight is 865 g/mol. The van der Waals surface area contributed by atoms with Gasteiger partial charge in [-0.3, -0.25) is 9.59 Å². The zero-order valence-corrected chi connectivity index (χ0v) is 32.0. The van der Waals surface area contributed by atoms with E-state index in [9.17, 15) is 76.0 Å². The Kier molecular flexibility index (Phi) is 16.7. The van der Waals surface area contributed by atoms with Crippen molar-refractivity contribution >= 4 is 11.8 Å². The van der Waals surface area contributed by atoms with E-state index in [1.54, 1.807) is 0 Å². The van der Waals surface area contributed by atoms with Crippen molar-refractivity contribution in [1.29, 1.82) is 0 Å². The molecule has 59 heavy (non-hydrogen) atoms. The number of carbonyl (C=O) groups is 2. The Morgan fingerprint density at radius 2 is 0.881 bits per heavy atom. The third kappa shape index (κ3) is 10.3. The van der Waals surface area contributed by atoms with E-state index in [-0.39, 0.29) is 0 Å². The summed E-state index contributed by atoms with van der Waals surface area (Å²) in [4.78, 5) is 24.8. The van der Waals surface area contributed by atoms with E-state index in [1.165, 1.54) is 6.92 Å². The van der Waals surface area contributed by atoms with Crippen LogP contribution in [0.3, 0.4) is 0 Å². The molecule has 0 aromatic heterocycles. The van der Waals surface area contributed by atoms with Crippen LogP contribution in [0.5, 0.6) is 0 Å². The Balaban J connectivity index is 1.45. The lowest BCUT2D eigenvalue weighted by atomic mass is 9.93. The van der Waals surface area contributed by atoms with E-state index >= 15 is 0 Å². The fourth-order valence-corrected chi connectivity index (χ4v) is 7.55. The average Bonchev–Trinajstić information content (AvgIpc) is 3.47. The molecule has 15 N–H and O–H groups in total. The van der Waals surface area contributed by atoms with Crippen LogP contribution in [0.15, 0.2) is 0 Å². The number of ether oxygens (including phenoxy) is 9. The van der Waals surface area contributed by atoms with Crippen molar-refractivity contribution in [3.8, 4) is 0 Å². The van der Waals surface area contributed by atoms with E-state index in [2.05, 4.69) is 10.6 Å². The second-order valence-electron chi connectivity index (χ2n) is 14.9. The fourth-order valence-electron chi connectivity index (χ4n) is 7.55. The molecule has 24 atom stereocenters. The molecule has 0 aromatic carbocycles. The summed E-state index contributed by atoms with van der Waals surface area (Å²) in [7, 11) is 0. The molecule has 0 saturated carbocycles. The Hall–Kier alpha value is -1.94. The molecule has 0 aromatic rings. The molecule has 0 spiro atoms. The number of aliphatic hydroxyl groups excluding tert-OH is 13. The Morgan fingerprint density at radius 1 is 0.441 bits per heavy atom. The van der Waals surface area contributed by atoms with Crippen LogP contribution in [-0.4, -0.2) is 252 Å². The largest absolute Gasteiger partial charge is 0.394 e. The van der Waals surface area contributed by atoms with Gasteiger partial charge in [0.25, 0.3) is 0 Å². The molecule has 0 radical (unpaired) electrons. The minimum absolute atomic E-state index is 0.728. The lowest BCUT2D eigenvalue weighted by Gasteiger charge is -2.51. The Morgan fingerprint density at radius 3 is 1.46 bits per heavy atom. The van der Waals surface area contributed by atoms with Crippen LogP contribution in [0.2, 0.25) is 0 Å². The van der Waals surface area contributed by atoms with Crippen molar-refractivity contribution in [2.45, 2.75) is 168 Å². The molecule has 5 aliphatic rings. The van der Waals surface area contributed by atoms with Gasteiger partial charge in [0.05, 0.1) is 32.5 Å². The summed E-state index contributed by atoms with van der Waals surface area (Å²) in [5, 5.41) is 142. The van der Waals surface area contributed by atoms with Gasteiger partial charge in [0.2, 0.25) is 11.8 Å². The van der Waals surface area contributed by atoms with Gasteiger partial charge in [-0.1, -0.05) is 0 Å². The fraction of sp³-hybridized carbons (Fsp3) is 0.939. The zero-order valence-electron chi connectivity index (χ0n) is 32.0. The van der Waals surface area contributed by atoms with Crippen molar-refractivity contribution < 1.29 is 119 Å². The lowest BCUT2D eigenvalue weighted by Crippen LogP contribution is -2.71. The first-order chi connectivity index (χ1) is 27.9. The molecule has 0 unspecified atom stereocenters. The van der Waals surface area contributed by atoms with E-state index < -0.39 is 186 Å². The van der Waals surface area contributed by atoms with E-state index in [1.807, 2.05) is 0 Å². The van der Waals surface area contributed by atoms with Gasteiger partial charge in [-0.15, -0.1) is 0 Å². The number of rotatable bonds is 14. The number of nitrogens with one attached hydrogen (secondary N) is 2. The summed E-state index contributed by atoms with van der Waals surface area (Å²) in [6.45, 7) is -0.0311. The van der Waals surface area contributed by atoms with Crippen molar-refractivity contribution in [3.63, 3.8) is 0 Å². The van der Waals surface area contributed by atoms with E-state index in [4.69, 9.17) is 42.6 Å². The van der Waals surface area contributed by atoms with Gasteiger partial charge < -0.3 is 120 Å². The third-order valence-electron chi connectivity index (χ3n) is 10.7. The Bertz CT molecular complexity index is 1370. The molecule has 26 heteroatoms. The van der Waals surface area contributed by atoms with Crippen molar-refractivity contribution in [3.05, 3.63) is 0 Å². The van der Waals surface area contributed by atoms with Crippen molar-refractivity contribution in [2.75, 3.05) is 26.4 Å². The molecular weight excluding hydrogens is 808 g/mol. The van der Waals surface area contributed by atoms with Gasteiger partial charge >= 0.3 is 0 Å². The van der Waals surface area contributed by atoms with E-state index in [0.29, 0.717) is 0 Å². The number of aliphatic hydroxyl groups is 13. The highest BCUT2D eigenvalue weighted by atomic mass is 16.8. The zero-order chi connectivity index (χ0) is 43.6. The van der Waals surface area contributed by atoms with Crippen LogP contribution in [0.4, 0.5) is 0 Å². The maximum atomic E-state index is 12.6. The van der Waals surface area contributed by atoms with Crippen LogP contribution < -0.4 is 10.6 Å². The topological polar surface area (TPSA) is 404 Å². The van der Waals surface area contributed by atoms with E-state index in [0.717, 1.165) is 13.8 Å². The predicted molar refractivity (Wildman–Crippen MR) is 182 cm³/mol. The lowest BCUT2D eigenvalue weighted by molar-refractivity contribution is -0.381. The van der Waals surface area contributed by atoms with Gasteiger partial charge in [0, 0.05) is 13.8 Å². The monoisotopic (exact) mass is 864 g/mol. The number of hydrogen-bond donors (Lipinski definition) is 15. The first-order valence-electron chi connectivity index (χ1n) is 18.9. The molecule has 5 heterocycles. The van der Waals surface area contributed by atoms with Crippen molar-refractivity contribution in [1.82, 2.24) is 10.6 Å². The number of carbonyl (C=O) groups excluding carboxylic acids is 2. The first-order valence-corrected chi connectivity index (χ1v) is 18.9. The standard InChI is InChI=1S/C33H56N2O24/c1-8-17(42)21(46)24(49)31(51-8)58-27-16(35-10(3)41)29(50)52-14(7-39)26(27)57-30-15(34-9(2)40)20(45)25(13(6-38)55-30)56-33-28(22(47)18(43)11(4-36)54-33)59-32-23(48)19(44)12(5-37)53-32/h8,11-33,36-39,42-50H,4-7H2,1-3H3,(H,34,40)(H,35,41)/t8-,11+,12+,13+,14+,15+,16+,17+,18+,19-,20+,21+,22-,23+,24-,25+,26+,27+,28-,29+,30-,31-,32-,33-/m0/s1. The van der Waals surface area contributed by atoms with Gasteiger partial charge in [-0.2, -0.15) is 0 Å². The van der Waals surface area contributed by atoms with Gasteiger partial charge in [0.1, 0.15) is 110 Å². The number of amides is 2. The molecule has 5 rings (SSSR count). The summed E-state index contributed by atoms with van der Waals surface area (Å²) >= 11 is 0. The summed E-state index contributed by atoms with van der Waals surface area (Å²) < 4.78 is 51.9. The Labute approximate surface area is 335 Å². The van der Waals surface area contributed by atoms with Gasteiger partial charge in [-0.25, -0.2) is 0 Å². The van der Waals surface area contributed by atoms with Crippen LogP contribution in [0, 0.1) is 0 Å². The smallest absolute Gasteiger partial charge is 0.217 e. The summed E-state index contributed by atoms with van der Waals surface area (Å²) in [5.41, 5.74) is 0. The normalized spacial score (nSPS) is 49.4. The second kappa shape index (κ2) is 20.5. The highest BCUT2D eigenvalue weighted by Gasteiger charge is 2.57. The van der Waals surface area contributed by atoms with Crippen molar-refractivity contribution in [2.24, 2.45) is 0 Å². The maximum Gasteiger partial charge on any atom is 0.217 e. The highest BCUT2D eigenvalue weighted by molar-refractivity contribution is 5.73. The van der Waals surface area contributed by atoms with Crippen LogP contribution in [0.25, 0.3) is 0 Å². The minimum Gasteiger partial charge on any atom is -0.394 e. The van der Waals surface area contributed by atoms with Crippen LogP contribution in [0.1, 0.15) is 20.8 Å². The molecule has 342 valence electrons. The predicted octanol–water partition coefficient (Wildman–Crippen LogP) is -9.97. The van der Waals surface area contributed by atoms with Crippen LogP contribution >= 0.6 is 0 Å². The molecule has 5 fully saturated rings. The SMILES string of the molecule is CC(=O)N[C@@H]1[C@@H](O[C@@H]2O[C@@H](C)[C@@H](O)[C@@H](O)[C@@H]2O)[C@H](O[C@@H]2O[C@H](CO)[C@@H](O[C@@H]3O[C@H](CO)[C@@H](O)[C@H](O)[C@@H]3O[C@@H]3O[C@H](CO)[C@H](O)[C@H]3O)[C@H](O)[C@H]2NC(C)=O)[C@@H](CO)O[C@H]1O. The third-order valence-corrected chi connectivity index (χ3v) is 10.7. The molecule has 2 amide bonds. The maximum absolute atomic E-state index is 12.6. The molecule has 0 bridgehead atoms. The number of hydrogen-bond acceptors (Lipinski definition) is 24. The minimum atomic E-state index is -1.97. The van der Waals surface area contributed by atoms with Crippen LogP contribution in [-0.2, 0) is 52.2 Å². The summed E-state index contributed by atoms with van der Waals surface area (Å²) in [6.07, 6.45) is -37.8. The molecular formula is C33H56N2O24.